The smallest absolute Gasteiger partial charge is 0.224 e. The molecule has 1 atom stereocenters. The molecule has 0 saturated heterocycles. The lowest BCUT2D eigenvalue weighted by molar-refractivity contribution is -0.0556. The van der Waals surface area contributed by atoms with Gasteiger partial charge in [0.25, 0.3) is 0 Å². The third kappa shape index (κ3) is 4.38. The van der Waals surface area contributed by atoms with E-state index in [1.165, 1.54) is 5.56 Å². The Labute approximate surface area is 112 Å². The maximum atomic E-state index is 5.96. The van der Waals surface area contributed by atoms with E-state index in [0.717, 1.165) is 12.0 Å². The zero-order chi connectivity index (χ0) is 13.4. The van der Waals surface area contributed by atoms with Gasteiger partial charge in [0.1, 0.15) is 0 Å². The summed E-state index contributed by atoms with van der Waals surface area (Å²) in [7, 11) is 2.43. The van der Waals surface area contributed by atoms with E-state index in [0.29, 0.717) is 0 Å². The zero-order valence-electron chi connectivity index (χ0n) is 11.4. The predicted octanol–water partition coefficient (Wildman–Crippen LogP) is 2.46. The van der Waals surface area contributed by atoms with Gasteiger partial charge < -0.3 is 13.9 Å². The molecule has 0 amide bonds. The summed E-state index contributed by atoms with van der Waals surface area (Å²) in [5.74, 6) is -0.175. The van der Waals surface area contributed by atoms with Gasteiger partial charge >= 0.3 is 0 Å². The fraction of sp³-hybridized carbons (Fsp3) is 0.429. The van der Waals surface area contributed by atoms with Crippen LogP contribution in [0.25, 0.3) is 6.08 Å². The molecule has 0 saturated carbocycles. The van der Waals surface area contributed by atoms with Gasteiger partial charge in [0, 0.05) is 14.2 Å². The normalized spacial score (nSPS) is 13.3. The van der Waals surface area contributed by atoms with Crippen molar-refractivity contribution in [3.63, 3.8) is 0 Å². The van der Waals surface area contributed by atoms with Crippen molar-refractivity contribution in [1.82, 2.24) is 0 Å². The van der Waals surface area contributed by atoms with Gasteiger partial charge in [-0.1, -0.05) is 43.8 Å². The van der Waals surface area contributed by atoms with Crippen molar-refractivity contribution >= 4 is 15.8 Å². The molecule has 1 aromatic carbocycles. The second-order valence-electron chi connectivity index (χ2n) is 4.00. The van der Waals surface area contributed by atoms with Crippen LogP contribution in [0.5, 0.6) is 0 Å². The fourth-order valence-corrected chi connectivity index (χ4v) is 2.81. The molecule has 100 valence electrons. The summed E-state index contributed by atoms with van der Waals surface area (Å²) >= 11 is 0. The van der Waals surface area contributed by atoms with Gasteiger partial charge in [-0.15, -0.1) is 0 Å². The van der Waals surface area contributed by atoms with Gasteiger partial charge in [0.05, 0.1) is 6.10 Å². The minimum Gasteiger partial charge on any atom is -0.411 e. The number of ether oxygens (including phenoxy) is 2. The molecular weight excluding hydrogens is 244 g/mol. The lowest BCUT2D eigenvalue weighted by Crippen LogP contribution is -2.25. The molecule has 3 nitrogen and oxygen atoms in total. The number of hydrogen-bond donors (Lipinski definition) is 0. The maximum absolute atomic E-state index is 5.96. The van der Waals surface area contributed by atoms with E-state index >= 15 is 0 Å². The Bertz CT molecular complexity index is 347. The van der Waals surface area contributed by atoms with Crippen molar-refractivity contribution in [3.05, 3.63) is 42.0 Å². The van der Waals surface area contributed by atoms with E-state index in [-0.39, 0.29) is 12.0 Å². The van der Waals surface area contributed by atoms with Gasteiger partial charge in [0.15, 0.2) is 5.91 Å². The number of rotatable bonds is 8. The summed E-state index contributed by atoms with van der Waals surface area (Å²) in [5, 5.41) is 0. The zero-order valence-corrected chi connectivity index (χ0v) is 12.8. The third-order valence-corrected chi connectivity index (χ3v) is 4.41. The van der Waals surface area contributed by atoms with Crippen LogP contribution >= 0.6 is 0 Å². The average Bonchev–Trinajstić information content (AvgIpc) is 2.44. The van der Waals surface area contributed by atoms with Crippen LogP contribution in [-0.4, -0.2) is 29.9 Å². The summed E-state index contributed by atoms with van der Waals surface area (Å²) < 4.78 is 16.3. The summed E-state index contributed by atoms with van der Waals surface area (Å²) in [5.41, 5.74) is 2.32. The van der Waals surface area contributed by atoms with Crippen LogP contribution in [0.3, 0.4) is 0 Å². The Morgan fingerprint density at radius 2 is 1.83 bits per heavy atom. The molecule has 0 spiro atoms. The maximum Gasteiger partial charge on any atom is 0.224 e. The number of methoxy groups -OCH3 is 2. The van der Waals surface area contributed by atoms with Crippen molar-refractivity contribution in [2.75, 3.05) is 14.2 Å². The van der Waals surface area contributed by atoms with Gasteiger partial charge in [0.2, 0.25) is 9.76 Å². The Morgan fingerprint density at radius 1 is 1.22 bits per heavy atom. The molecule has 1 unspecified atom stereocenters. The molecule has 0 aromatic heterocycles. The van der Waals surface area contributed by atoms with Crippen molar-refractivity contribution in [1.29, 1.82) is 0 Å². The first-order valence-corrected chi connectivity index (χ1v) is 7.54. The van der Waals surface area contributed by atoms with E-state index in [4.69, 9.17) is 13.9 Å². The first-order chi connectivity index (χ1) is 8.74. The molecule has 0 heterocycles. The van der Waals surface area contributed by atoms with Crippen LogP contribution in [0.4, 0.5) is 0 Å². The van der Waals surface area contributed by atoms with E-state index in [1.54, 1.807) is 14.2 Å². The first kappa shape index (κ1) is 15.1. The highest BCUT2D eigenvalue weighted by molar-refractivity contribution is 6.28. The number of hydrogen-bond acceptors (Lipinski definition) is 3. The summed E-state index contributed by atoms with van der Waals surface area (Å²) in [4.78, 5) is 0. The average molecular weight is 266 g/mol. The topological polar surface area (TPSA) is 27.7 Å². The summed E-state index contributed by atoms with van der Waals surface area (Å²) in [6.07, 6.45) is 2.91. The molecule has 0 radical (unpaired) electrons. The highest BCUT2D eigenvalue weighted by Crippen LogP contribution is 2.21. The largest absolute Gasteiger partial charge is 0.411 e. The lowest BCUT2D eigenvalue weighted by atomic mass is 10.1. The van der Waals surface area contributed by atoms with Gasteiger partial charge in [-0.05, 0) is 17.5 Å². The minimum atomic E-state index is -0.857. The molecule has 1 rings (SSSR count). The standard InChI is InChI=1S/C14H22O3Si/c1-5-11-7-9-12(10-8-11)13(6-2)17-18-14(15-3)16-4/h5,7-10,13-14H,1,6,18H2,2-4H3. The van der Waals surface area contributed by atoms with Crippen LogP contribution in [0.2, 0.25) is 0 Å². The highest BCUT2D eigenvalue weighted by atomic mass is 28.2. The van der Waals surface area contributed by atoms with Crippen molar-refractivity contribution < 1.29 is 13.9 Å². The summed E-state index contributed by atoms with van der Waals surface area (Å²) in [6, 6.07) is 8.29. The fourth-order valence-electron chi connectivity index (χ4n) is 1.72. The second-order valence-corrected chi connectivity index (χ2v) is 5.34. The predicted molar refractivity (Wildman–Crippen MR) is 77.0 cm³/mol. The Kier molecular flexibility index (Phi) is 6.89. The van der Waals surface area contributed by atoms with E-state index in [9.17, 15) is 0 Å². The molecule has 0 aliphatic rings. The quantitative estimate of drug-likeness (QED) is 0.534. The molecule has 0 bridgehead atoms. The molecule has 0 N–H and O–H groups in total. The Morgan fingerprint density at radius 3 is 2.28 bits per heavy atom. The monoisotopic (exact) mass is 266 g/mol. The number of benzene rings is 1. The van der Waals surface area contributed by atoms with Crippen molar-refractivity contribution in [2.45, 2.75) is 25.4 Å². The van der Waals surface area contributed by atoms with Crippen LogP contribution in [-0.2, 0) is 13.9 Å². The first-order valence-electron chi connectivity index (χ1n) is 6.14. The van der Waals surface area contributed by atoms with Crippen molar-refractivity contribution in [3.8, 4) is 0 Å². The van der Waals surface area contributed by atoms with E-state index in [2.05, 4.69) is 37.8 Å². The second kappa shape index (κ2) is 8.21. The van der Waals surface area contributed by atoms with Crippen molar-refractivity contribution in [2.24, 2.45) is 0 Å². The Balaban J connectivity index is 2.61. The lowest BCUT2D eigenvalue weighted by Gasteiger charge is -2.20. The van der Waals surface area contributed by atoms with Crippen LogP contribution < -0.4 is 0 Å². The van der Waals surface area contributed by atoms with Gasteiger partial charge in [-0.2, -0.15) is 0 Å². The minimum absolute atomic E-state index is 0.128. The third-order valence-electron chi connectivity index (χ3n) is 2.87. The SMILES string of the molecule is C=Cc1ccc(C(CC)O[SiH2]C(OC)OC)cc1. The molecular formula is C14H22O3Si. The van der Waals surface area contributed by atoms with E-state index in [1.807, 2.05) is 6.08 Å². The van der Waals surface area contributed by atoms with Crippen LogP contribution in [0, 0.1) is 0 Å². The molecule has 0 fully saturated rings. The molecule has 18 heavy (non-hydrogen) atoms. The van der Waals surface area contributed by atoms with Crippen LogP contribution in [0.1, 0.15) is 30.6 Å². The molecule has 4 heteroatoms. The molecule has 0 aliphatic heterocycles. The molecule has 1 aromatic rings. The van der Waals surface area contributed by atoms with Crippen LogP contribution in [0.15, 0.2) is 30.8 Å². The summed E-state index contributed by atoms with van der Waals surface area (Å²) in [6.45, 7) is 5.87. The van der Waals surface area contributed by atoms with Gasteiger partial charge in [-0.3, -0.25) is 0 Å². The van der Waals surface area contributed by atoms with E-state index < -0.39 is 9.76 Å². The van der Waals surface area contributed by atoms with Gasteiger partial charge in [-0.25, -0.2) is 0 Å². The highest BCUT2D eigenvalue weighted by Gasteiger charge is 2.13. The molecule has 0 aliphatic carbocycles. The Hall–Kier alpha value is -0.943.